The second-order valence-corrected chi connectivity index (χ2v) is 5.89. The Morgan fingerprint density at radius 1 is 1.15 bits per heavy atom. The molecule has 2 atom stereocenters. The molecule has 1 heterocycles. The zero-order valence-electron chi connectivity index (χ0n) is 14.2. The molecule has 0 radical (unpaired) electrons. The highest BCUT2D eigenvalue weighted by molar-refractivity contribution is 5.81. The predicted octanol–water partition coefficient (Wildman–Crippen LogP) is 2.41. The van der Waals surface area contributed by atoms with E-state index >= 15 is 0 Å². The van der Waals surface area contributed by atoms with Gasteiger partial charge in [0.1, 0.15) is 11.3 Å². The fourth-order valence-electron chi connectivity index (χ4n) is 2.51. The van der Waals surface area contributed by atoms with Crippen molar-refractivity contribution in [3.8, 4) is 5.75 Å². The molecule has 1 aromatic heterocycles. The molecule has 0 bridgehead atoms. The van der Waals surface area contributed by atoms with E-state index in [1.54, 1.807) is 43.3 Å². The summed E-state index contributed by atoms with van der Waals surface area (Å²) in [6.45, 7) is 1.69. The van der Waals surface area contributed by atoms with Crippen LogP contribution in [0.1, 0.15) is 18.6 Å². The topological polar surface area (TPSA) is 88.8 Å². The number of nitrogens with one attached hydrogen (secondary N) is 1. The van der Waals surface area contributed by atoms with Gasteiger partial charge < -0.3 is 19.6 Å². The maximum atomic E-state index is 12.2. The number of ether oxygens (including phenoxy) is 1. The van der Waals surface area contributed by atoms with Gasteiger partial charge in [-0.2, -0.15) is 0 Å². The fourth-order valence-corrected chi connectivity index (χ4v) is 2.51. The number of carbonyl (C=O) groups is 1. The van der Waals surface area contributed by atoms with E-state index < -0.39 is 17.8 Å². The first-order valence-corrected chi connectivity index (χ1v) is 8.24. The molecule has 6 nitrogen and oxygen atoms in total. The van der Waals surface area contributed by atoms with Crippen molar-refractivity contribution in [1.82, 2.24) is 5.32 Å². The molecule has 134 valence electrons. The molecule has 2 N–H and O–H groups in total. The van der Waals surface area contributed by atoms with Crippen LogP contribution in [-0.2, 0) is 4.79 Å². The number of aliphatic hydroxyl groups is 1. The van der Waals surface area contributed by atoms with Gasteiger partial charge in [-0.3, -0.25) is 4.79 Å². The Morgan fingerprint density at radius 2 is 1.88 bits per heavy atom. The third-order valence-corrected chi connectivity index (χ3v) is 3.93. The average molecular weight is 353 g/mol. The van der Waals surface area contributed by atoms with Crippen LogP contribution in [0.2, 0.25) is 0 Å². The first-order valence-electron chi connectivity index (χ1n) is 8.24. The number of carbonyl (C=O) groups excluding carboxylic acids is 1. The second kappa shape index (κ2) is 7.84. The lowest BCUT2D eigenvalue weighted by Gasteiger charge is -2.17. The van der Waals surface area contributed by atoms with E-state index in [2.05, 4.69) is 5.32 Å². The molecular formula is C20H19NO5. The molecule has 3 rings (SSSR count). The average Bonchev–Trinajstić information content (AvgIpc) is 2.66. The molecule has 1 amide bonds. The minimum Gasteiger partial charge on any atom is -0.481 e. The number of rotatable bonds is 6. The maximum absolute atomic E-state index is 12.2. The molecule has 0 saturated carbocycles. The van der Waals surface area contributed by atoms with Crippen molar-refractivity contribution in [1.29, 1.82) is 0 Å². The van der Waals surface area contributed by atoms with Gasteiger partial charge in [-0.05, 0) is 30.7 Å². The Hall–Kier alpha value is -3.12. The summed E-state index contributed by atoms with van der Waals surface area (Å²) in [5, 5.41) is 13.5. The van der Waals surface area contributed by atoms with Crippen molar-refractivity contribution in [2.45, 2.75) is 19.1 Å². The number of benzene rings is 2. The summed E-state index contributed by atoms with van der Waals surface area (Å²) >= 11 is 0. The molecule has 0 unspecified atom stereocenters. The highest BCUT2D eigenvalue weighted by atomic mass is 16.5. The summed E-state index contributed by atoms with van der Waals surface area (Å²) < 4.78 is 10.7. The molecule has 0 aliphatic heterocycles. The molecule has 0 aliphatic carbocycles. The first-order chi connectivity index (χ1) is 12.5. The summed E-state index contributed by atoms with van der Waals surface area (Å²) in [5.74, 6) is 0.0627. The quantitative estimate of drug-likeness (QED) is 0.665. The van der Waals surface area contributed by atoms with Crippen LogP contribution in [0.4, 0.5) is 0 Å². The molecule has 2 aromatic carbocycles. The number of hydrogen-bond acceptors (Lipinski definition) is 5. The van der Waals surface area contributed by atoms with E-state index in [-0.39, 0.29) is 12.5 Å². The van der Waals surface area contributed by atoms with Gasteiger partial charge in [0.2, 0.25) is 0 Å². The third kappa shape index (κ3) is 4.29. The summed E-state index contributed by atoms with van der Waals surface area (Å²) in [6, 6.07) is 17.1. The monoisotopic (exact) mass is 353 g/mol. The zero-order valence-corrected chi connectivity index (χ0v) is 14.2. The smallest absolute Gasteiger partial charge is 0.336 e. The summed E-state index contributed by atoms with van der Waals surface area (Å²) in [4.78, 5) is 23.5. The fraction of sp³-hybridized carbons (Fsp3) is 0.200. The van der Waals surface area contributed by atoms with Gasteiger partial charge in [0.15, 0.2) is 6.10 Å². The van der Waals surface area contributed by atoms with E-state index in [0.29, 0.717) is 11.3 Å². The second-order valence-electron chi connectivity index (χ2n) is 5.89. The van der Waals surface area contributed by atoms with Crippen LogP contribution >= 0.6 is 0 Å². The van der Waals surface area contributed by atoms with Gasteiger partial charge in [-0.15, -0.1) is 0 Å². The van der Waals surface area contributed by atoms with E-state index in [9.17, 15) is 14.7 Å². The zero-order chi connectivity index (χ0) is 18.5. The predicted molar refractivity (Wildman–Crippen MR) is 97.0 cm³/mol. The molecule has 6 heteroatoms. The van der Waals surface area contributed by atoms with Crippen molar-refractivity contribution in [3.05, 3.63) is 76.6 Å². The third-order valence-electron chi connectivity index (χ3n) is 3.93. The lowest BCUT2D eigenvalue weighted by Crippen LogP contribution is -2.38. The summed E-state index contributed by atoms with van der Waals surface area (Å²) in [5.41, 5.74) is 0.670. The minimum atomic E-state index is -0.790. The molecule has 3 aromatic rings. The molecule has 0 spiro atoms. The minimum absolute atomic E-state index is 0.0865. The van der Waals surface area contributed by atoms with Crippen molar-refractivity contribution in [2.75, 3.05) is 6.54 Å². The molecular weight excluding hydrogens is 334 g/mol. The van der Waals surface area contributed by atoms with Gasteiger partial charge in [-0.25, -0.2) is 4.79 Å². The lowest BCUT2D eigenvalue weighted by molar-refractivity contribution is -0.127. The largest absolute Gasteiger partial charge is 0.481 e. The highest BCUT2D eigenvalue weighted by Crippen LogP contribution is 2.20. The van der Waals surface area contributed by atoms with Gasteiger partial charge in [0, 0.05) is 24.1 Å². The van der Waals surface area contributed by atoms with Crippen molar-refractivity contribution < 1.29 is 19.1 Å². The van der Waals surface area contributed by atoms with Crippen LogP contribution in [0.5, 0.6) is 5.75 Å². The van der Waals surface area contributed by atoms with Crippen LogP contribution in [0.15, 0.2) is 69.9 Å². The van der Waals surface area contributed by atoms with E-state index in [1.165, 1.54) is 6.07 Å². The Bertz CT molecular complexity index is 951. The standard InChI is InChI=1S/C20H19NO5/c1-13(20(24)21-12-17(22)14-5-3-2-4-6-14)25-16-9-7-15-8-10-19(23)26-18(15)11-16/h2-11,13,17,22H,12H2,1H3,(H,21,24)/t13-,17-/m0/s1. The molecule has 0 fully saturated rings. The summed E-state index contributed by atoms with van der Waals surface area (Å²) in [7, 11) is 0. The van der Waals surface area contributed by atoms with Gasteiger partial charge >= 0.3 is 5.63 Å². The van der Waals surface area contributed by atoms with Gasteiger partial charge in [0.05, 0.1) is 6.10 Å². The Labute approximate surface area is 150 Å². The number of amides is 1. The Kier molecular flexibility index (Phi) is 5.34. The van der Waals surface area contributed by atoms with Crippen molar-refractivity contribution >= 4 is 16.9 Å². The first kappa shape index (κ1) is 17.7. The number of aliphatic hydroxyl groups excluding tert-OH is 1. The van der Waals surface area contributed by atoms with Crippen LogP contribution < -0.4 is 15.7 Å². The number of hydrogen-bond donors (Lipinski definition) is 2. The highest BCUT2D eigenvalue weighted by Gasteiger charge is 2.17. The van der Waals surface area contributed by atoms with Crippen LogP contribution in [0, 0.1) is 0 Å². The van der Waals surface area contributed by atoms with E-state index in [0.717, 1.165) is 10.9 Å². The Morgan fingerprint density at radius 3 is 2.65 bits per heavy atom. The van der Waals surface area contributed by atoms with E-state index in [4.69, 9.17) is 9.15 Å². The van der Waals surface area contributed by atoms with Gasteiger partial charge in [-0.1, -0.05) is 30.3 Å². The molecule has 0 aliphatic rings. The van der Waals surface area contributed by atoms with Crippen LogP contribution in [0.3, 0.4) is 0 Å². The van der Waals surface area contributed by atoms with E-state index in [1.807, 2.05) is 18.2 Å². The normalized spacial score (nSPS) is 13.2. The SMILES string of the molecule is C[C@H](Oc1ccc2ccc(=O)oc2c1)C(=O)NC[C@H](O)c1ccccc1. The lowest BCUT2D eigenvalue weighted by atomic mass is 10.1. The van der Waals surface area contributed by atoms with Crippen LogP contribution in [0.25, 0.3) is 11.0 Å². The van der Waals surface area contributed by atoms with Crippen molar-refractivity contribution in [3.63, 3.8) is 0 Å². The summed E-state index contributed by atoms with van der Waals surface area (Å²) in [6.07, 6.45) is -1.56. The van der Waals surface area contributed by atoms with Gasteiger partial charge in [0.25, 0.3) is 5.91 Å². The maximum Gasteiger partial charge on any atom is 0.336 e. The van der Waals surface area contributed by atoms with Crippen LogP contribution in [-0.4, -0.2) is 23.7 Å². The molecule has 0 saturated heterocycles. The number of fused-ring (bicyclic) bond motifs is 1. The van der Waals surface area contributed by atoms with Crippen molar-refractivity contribution in [2.24, 2.45) is 0 Å². The molecule has 26 heavy (non-hydrogen) atoms. The Balaban J connectivity index is 1.59.